The first-order chi connectivity index (χ1) is 17.5. The summed E-state index contributed by atoms with van der Waals surface area (Å²) in [5, 5.41) is 0. The third kappa shape index (κ3) is 5.63. The Hall–Kier alpha value is -1.96. The highest BCUT2D eigenvalue weighted by molar-refractivity contribution is 9.10. The van der Waals surface area contributed by atoms with Gasteiger partial charge in [-0.25, -0.2) is 9.56 Å². The molecule has 0 radical (unpaired) electrons. The van der Waals surface area contributed by atoms with Crippen molar-refractivity contribution < 1.29 is 9.47 Å². The summed E-state index contributed by atoms with van der Waals surface area (Å²) in [4.78, 5) is 14.2. The molecule has 2 saturated heterocycles. The minimum atomic E-state index is 0.359. The highest BCUT2D eigenvalue weighted by Crippen LogP contribution is 2.24. The number of halogens is 2. The van der Waals surface area contributed by atoms with Crippen molar-refractivity contribution in [2.75, 3.05) is 57.5 Å². The molecule has 2 aromatic carbocycles. The van der Waals surface area contributed by atoms with Crippen LogP contribution in [-0.4, -0.2) is 77.6 Å². The predicted molar refractivity (Wildman–Crippen MR) is 153 cm³/mol. The van der Waals surface area contributed by atoms with Gasteiger partial charge in [0, 0.05) is 35.1 Å². The Labute approximate surface area is 236 Å². The molecule has 2 aliphatic rings. The van der Waals surface area contributed by atoms with Crippen molar-refractivity contribution in [3.8, 4) is 5.69 Å². The minimum absolute atomic E-state index is 0.359. The van der Waals surface area contributed by atoms with E-state index in [9.17, 15) is 0 Å². The van der Waals surface area contributed by atoms with Crippen LogP contribution in [0.3, 0.4) is 0 Å². The second kappa shape index (κ2) is 11.6. The molecule has 5 rings (SSSR count). The molecule has 2 fully saturated rings. The second-order valence-electron chi connectivity index (χ2n) is 8.21. The summed E-state index contributed by atoms with van der Waals surface area (Å²) in [7, 11) is 0. The van der Waals surface area contributed by atoms with Gasteiger partial charge in [-0.1, -0.05) is 31.9 Å². The van der Waals surface area contributed by atoms with Crippen molar-refractivity contribution in [1.29, 1.82) is 0 Å². The summed E-state index contributed by atoms with van der Waals surface area (Å²) < 4.78 is 17.8. The first-order valence-corrected chi connectivity index (χ1v) is 13.9. The van der Waals surface area contributed by atoms with Gasteiger partial charge < -0.3 is 19.3 Å². The lowest BCUT2D eigenvalue weighted by Crippen LogP contribution is -2.45. The summed E-state index contributed by atoms with van der Waals surface area (Å²) in [6, 6.07) is 15.8. The third-order valence-corrected chi connectivity index (χ3v) is 7.59. The molecule has 0 spiro atoms. The van der Waals surface area contributed by atoms with Crippen LogP contribution >= 0.6 is 56.3 Å². The van der Waals surface area contributed by atoms with Crippen molar-refractivity contribution in [3.05, 3.63) is 67.0 Å². The van der Waals surface area contributed by atoms with E-state index in [1.807, 2.05) is 53.1 Å². The molecule has 3 aromatic rings. The second-order valence-corrected chi connectivity index (χ2v) is 10.8. The minimum Gasteiger partial charge on any atom is -0.378 e. The van der Waals surface area contributed by atoms with Gasteiger partial charge in [0.15, 0.2) is 4.77 Å². The molecule has 1 aromatic heterocycles. The molecular formula is C24H24Br2N6O2S2. The molecule has 0 N–H and O–H groups in total. The van der Waals surface area contributed by atoms with Crippen LogP contribution in [0, 0.1) is 9.54 Å². The van der Waals surface area contributed by atoms with Crippen LogP contribution in [0.5, 0.6) is 0 Å². The Balaban J connectivity index is 1.73. The molecule has 8 nitrogen and oxygen atoms in total. The van der Waals surface area contributed by atoms with E-state index in [2.05, 4.69) is 41.7 Å². The van der Waals surface area contributed by atoms with Gasteiger partial charge in [0.2, 0.25) is 16.7 Å². The molecule has 3 heterocycles. The maximum absolute atomic E-state index is 6.14. The molecule has 0 aliphatic carbocycles. The number of aromatic nitrogens is 3. The molecule has 36 heavy (non-hydrogen) atoms. The van der Waals surface area contributed by atoms with Crippen molar-refractivity contribution >= 4 is 73.9 Å². The van der Waals surface area contributed by atoms with Gasteiger partial charge >= 0.3 is 0 Å². The summed E-state index contributed by atoms with van der Waals surface area (Å²) in [5.41, 5.74) is 1.69. The molecule has 0 bridgehead atoms. The first-order valence-electron chi connectivity index (χ1n) is 11.5. The number of hydrogen-bond acceptors (Lipinski definition) is 7. The summed E-state index contributed by atoms with van der Waals surface area (Å²) >= 11 is 19.0. The van der Waals surface area contributed by atoms with E-state index in [-0.39, 0.29) is 0 Å². The molecule has 2 aliphatic heterocycles. The SMILES string of the molecule is S=c1nc(N2CCOCC2)n(-c2ccc(Br)cc2)c(=S)n1C(=Nc1ccc(Br)cc1)N1CCOCC1. The van der Waals surface area contributed by atoms with Crippen LogP contribution in [0.25, 0.3) is 5.69 Å². The summed E-state index contributed by atoms with van der Waals surface area (Å²) in [5.74, 6) is 1.35. The topological polar surface area (TPSA) is 60.0 Å². The number of aliphatic imine (C=N–C) groups is 1. The normalized spacial score (nSPS) is 16.9. The van der Waals surface area contributed by atoms with Crippen molar-refractivity contribution in [1.82, 2.24) is 19.0 Å². The zero-order chi connectivity index (χ0) is 25.1. The van der Waals surface area contributed by atoms with E-state index in [1.165, 1.54) is 0 Å². The van der Waals surface area contributed by atoms with Crippen LogP contribution in [0.2, 0.25) is 0 Å². The smallest absolute Gasteiger partial charge is 0.215 e. The average molecular weight is 652 g/mol. The lowest BCUT2D eigenvalue weighted by atomic mass is 10.3. The zero-order valence-corrected chi connectivity index (χ0v) is 24.2. The molecule has 0 amide bonds. The maximum Gasteiger partial charge on any atom is 0.215 e. The monoisotopic (exact) mass is 650 g/mol. The van der Waals surface area contributed by atoms with E-state index in [4.69, 9.17) is 43.9 Å². The van der Waals surface area contributed by atoms with Crippen molar-refractivity contribution in [3.63, 3.8) is 0 Å². The number of hydrogen-bond donors (Lipinski definition) is 0. The molecule has 12 heteroatoms. The fourth-order valence-corrected chi connectivity index (χ4v) is 5.26. The zero-order valence-electron chi connectivity index (χ0n) is 19.3. The standard InChI is InChI=1S/C24H24Br2N6O2S2/c25-17-1-5-19(6-2-17)27-21(29-9-13-33-14-10-29)32-23(35)28-22(30-11-15-34-16-12-30)31(24(32)36)20-7-3-18(26)4-8-20/h1-8H,9-16H2. The highest BCUT2D eigenvalue weighted by Gasteiger charge is 2.24. The Morgan fingerprint density at radius 1 is 0.806 bits per heavy atom. The first kappa shape index (κ1) is 25.7. The number of ether oxygens (including phenoxy) is 2. The van der Waals surface area contributed by atoms with E-state index in [0.29, 0.717) is 74.1 Å². The summed E-state index contributed by atoms with van der Waals surface area (Å²) in [6.45, 7) is 5.23. The largest absolute Gasteiger partial charge is 0.378 e. The predicted octanol–water partition coefficient (Wildman–Crippen LogP) is 5.36. The number of nitrogens with zero attached hydrogens (tertiary/aromatic N) is 6. The van der Waals surface area contributed by atoms with Gasteiger partial charge in [-0.15, -0.1) is 0 Å². The van der Waals surface area contributed by atoms with Crippen molar-refractivity contribution in [2.45, 2.75) is 0 Å². The number of rotatable bonds is 3. The Morgan fingerprint density at radius 3 is 1.97 bits per heavy atom. The Kier molecular flexibility index (Phi) is 8.28. The number of morpholine rings is 2. The molecule has 0 unspecified atom stereocenters. The van der Waals surface area contributed by atoms with Gasteiger partial charge in [-0.2, -0.15) is 4.98 Å². The number of anilines is 1. The fourth-order valence-electron chi connectivity index (χ4n) is 4.07. The lowest BCUT2D eigenvalue weighted by Gasteiger charge is -2.33. The van der Waals surface area contributed by atoms with Crippen LogP contribution in [0.1, 0.15) is 0 Å². The molecule has 0 atom stereocenters. The summed E-state index contributed by atoms with van der Waals surface area (Å²) in [6.07, 6.45) is 0. The van der Waals surface area contributed by atoms with Gasteiger partial charge in [-0.05, 0) is 73.0 Å². The van der Waals surface area contributed by atoms with Crippen LogP contribution in [0.4, 0.5) is 11.6 Å². The quantitative estimate of drug-likeness (QED) is 0.215. The van der Waals surface area contributed by atoms with Gasteiger partial charge in [0.25, 0.3) is 0 Å². The van der Waals surface area contributed by atoms with E-state index < -0.39 is 0 Å². The van der Waals surface area contributed by atoms with Crippen LogP contribution < -0.4 is 4.90 Å². The van der Waals surface area contributed by atoms with E-state index >= 15 is 0 Å². The van der Waals surface area contributed by atoms with Gasteiger partial charge in [0.1, 0.15) is 0 Å². The highest BCUT2D eigenvalue weighted by atomic mass is 79.9. The van der Waals surface area contributed by atoms with E-state index in [1.54, 1.807) is 4.57 Å². The Morgan fingerprint density at radius 2 is 1.36 bits per heavy atom. The van der Waals surface area contributed by atoms with Crippen molar-refractivity contribution in [2.24, 2.45) is 4.99 Å². The third-order valence-electron chi connectivity index (χ3n) is 5.90. The average Bonchev–Trinajstić information content (AvgIpc) is 2.91. The maximum atomic E-state index is 6.14. The molecular weight excluding hydrogens is 628 g/mol. The van der Waals surface area contributed by atoms with Crippen LogP contribution in [0.15, 0.2) is 62.5 Å². The fraction of sp³-hybridized carbons (Fsp3) is 0.333. The Bertz CT molecular complexity index is 1360. The lowest BCUT2D eigenvalue weighted by molar-refractivity contribution is 0.0665. The molecule has 188 valence electrons. The van der Waals surface area contributed by atoms with E-state index in [0.717, 1.165) is 20.3 Å². The molecule has 0 saturated carbocycles. The number of benzene rings is 2. The van der Waals surface area contributed by atoms with Crippen LogP contribution in [-0.2, 0) is 9.47 Å². The van der Waals surface area contributed by atoms with Gasteiger partial charge in [0.05, 0.1) is 37.8 Å². The van der Waals surface area contributed by atoms with Gasteiger partial charge in [-0.3, -0.25) is 4.57 Å².